The Balaban J connectivity index is 2.03. The number of hydrogen-bond acceptors (Lipinski definition) is 3. The molecule has 3 aromatic rings. The fourth-order valence-corrected chi connectivity index (χ4v) is 2.59. The lowest BCUT2D eigenvalue weighted by atomic mass is 10.1. The Morgan fingerprint density at radius 1 is 1.00 bits per heavy atom. The first-order valence-electron chi connectivity index (χ1n) is 7.75. The van der Waals surface area contributed by atoms with Gasteiger partial charge < -0.3 is 13.9 Å². The van der Waals surface area contributed by atoms with E-state index in [9.17, 15) is 8.78 Å². The molecule has 0 bridgehead atoms. The Morgan fingerprint density at radius 3 is 2.25 bits per heavy atom. The molecule has 3 rings (SSSR count). The van der Waals surface area contributed by atoms with Crippen molar-refractivity contribution in [2.45, 2.75) is 26.2 Å². The second-order valence-electron chi connectivity index (χ2n) is 5.39. The van der Waals surface area contributed by atoms with Crippen molar-refractivity contribution in [3.8, 4) is 24.0 Å². The standard InChI is InChI=1S/C19H16F2O3/c1-3-5-6-11-23-15-10-8-13-12-7-9-14(22-4-2)16(20)18(12)24-19(13)17(15)21/h2,7-10H,3,5-6,11H2,1H3. The Bertz CT molecular complexity index is 922. The van der Waals surface area contributed by atoms with Crippen molar-refractivity contribution in [3.05, 3.63) is 35.9 Å². The number of ether oxygens (including phenoxy) is 2. The predicted octanol–water partition coefficient (Wildman–Crippen LogP) is 5.40. The van der Waals surface area contributed by atoms with Crippen molar-refractivity contribution >= 4 is 21.9 Å². The molecule has 0 N–H and O–H groups in total. The number of furan rings is 1. The van der Waals surface area contributed by atoms with Gasteiger partial charge in [0.05, 0.1) is 6.61 Å². The third kappa shape index (κ3) is 2.76. The number of terminal acetylenes is 1. The number of fused-ring (bicyclic) bond motifs is 3. The lowest BCUT2D eigenvalue weighted by molar-refractivity contribution is 0.291. The largest absolute Gasteiger partial charge is 0.490 e. The van der Waals surface area contributed by atoms with Crippen molar-refractivity contribution in [3.63, 3.8) is 0 Å². The number of hydrogen-bond donors (Lipinski definition) is 0. The molecule has 0 aliphatic carbocycles. The third-order valence-corrected chi connectivity index (χ3v) is 3.79. The minimum absolute atomic E-state index is 0.0465. The molecule has 0 unspecified atom stereocenters. The normalized spacial score (nSPS) is 10.9. The Morgan fingerprint density at radius 2 is 1.62 bits per heavy atom. The molecule has 1 heterocycles. The van der Waals surface area contributed by atoms with E-state index in [1.807, 2.05) is 6.11 Å². The van der Waals surface area contributed by atoms with Crippen molar-refractivity contribution in [1.82, 2.24) is 0 Å². The minimum atomic E-state index is -0.758. The fraction of sp³-hybridized carbons (Fsp3) is 0.263. The summed E-state index contributed by atoms with van der Waals surface area (Å²) in [6.45, 7) is 2.50. The maximum atomic E-state index is 14.6. The van der Waals surface area contributed by atoms with Crippen LogP contribution in [0, 0.1) is 24.2 Å². The Labute approximate surface area is 138 Å². The Hall–Kier alpha value is -2.74. The van der Waals surface area contributed by atoms with E-state index in [0.717, 1.165) is 19.3 Å². The van der Waals surface area contributed by atoms with Gasteiger partial charge in [0, 0.05) is 10.8 Å². The second kappa shape index (κ2) is 6.79. The molecule has 0 atom stereocenters. The van der Waals surface area contributed by atoms with E-state index in [2.05, 4.69) is 6.92 Å². The van der Waals surface area contributed by atoms with E-state index in [1.54, 1.807) is 12.1 Å². The second-order valence-corrected chi connectivity index (χ2v) is 5.39. The highest BCUT2D eigenvalue weighted by Gasteiger charge is 2.20. The molecule has 0 spiro atoms. The van der Waals surface area contributed by atoms with Gasteiger partial charge in [0.2, 0.25) is 11.6 Å². The summed E-state index contributed by atoms with van der Waals surface area (Å²) in [5.41, 5.74) is -0.144. The maximum absolute atomic E-state index is 14.6. The monoisotopic (exact) mass is 330 g/mol. The molecule has 24 heavy (non-hydrogen) atoms. The summed E-state index contributed by atoms with van der Waals surface area (Å²) in [6, 6.07) is 6.15. The summed E-state index contributed by atoms with van der Waals surface area (Å²) in [5, 5.41) is 0.915. The highest BCUT2D eigenvalue weighted by atomic mass is 19.1. The predicted molar refractivity (Wildman–Crippen MR) is 88.1 cm³/mol. The van der Waals surface area contributed by atoms with Crippen molar-refractivity contribution in [2.24, 2.45) is 0 Å². The van der Waals surface area contributed by atoms with E-state index >= 15 is 0 Å². The first-order chi connectivity index (χ1) is 11.7. The van der Waals surface area contributed by atoms with Gasteiger partial charge in [-0.15, -0.1) is 0 Å². The van der Waals surface area contributed by atoms with Crippen LogP contribution in [-0.2, 0) is 0 Å². The SMILES string of the molecule is C#COc1ccc2c(oc3c(F)c(OCCCCC)ccc32)c1F. The quantitative estimate of drug-likeness (QED) is 0.448. The molecule has 0 saturated carbocycles. The van der Waals surface area contributed by atoms with Gasteiger partial charge in [-0.05, 0) is 30.7 Å². The van der Waals surface area contributed by atoms with Gasteiger partial charge in [0.25, 0.3) is 0 Å². The third-order valence-electron chi connectivity index (χ3n) is 3.79. The summed E-state index contributed by atoms with van der Waals surface area (Å²) in [4.78, 5) is 0. The molecule has 2 aromatic carbocycles. The highest BCUT2D eigenvalue weighted by molar-refractivity contribution is 6.06. The zero-order valence-electron chi connectivity index (χ0n) is 13.2. The fourth-order valence-electron chi connectivity index (χ4n) is 2.59. The van der Waals surface area contributed by atoms with Crippen LogP contribution in [0.3, 0.4) is 0 Å². The molecule has 0 aliphatic heterocycles. The smallest absolute Gasteiger partial charge is 0.209 e. The van der Waals surface area contributed by atoms with E-state index < -0.39 is 11.6 Å². The van der Waals surface area contributed by atoms with Gasteiger partial charge in [-0.3, -0.25) is 0 Å². The van der Waals surface area contributed by atoms with Crippen LogP contribution in [0.2, 0.25) is 0 Å². The molecular weight excluding hydrogens is 314 g/mol. The lowest BCUT2D eigenvalue weighted by Crippen LogP contribution is -1.99. The van der Waals surface area contributed by atoms with Crippen LogP contribution in [0.25, 0.3) is 21.9 Å². The number of halogens is 2. The zero-order valence-corrected chi connectivity index (χ0v) is 13.2. The van der Waals surface area contributed by atoms with Gasteiger partial charge >= 0.3 is 0 Å². The summed E-state index contributed by atoms with van der Waals surface area (Å²) >= 11 is 0. The van der Waals surface area contributed by atoms with Crippen LogP contribution in [0.5, 0.6) is 11.5 Å². The molecular formula is C19H16F2O3. The van der Waals surface area contributed by atoms with Crippen LogP contribution < -0.4 is 9.47 Å². The molecule has 0 fully saturated rings. The van der Waals surface area contributed by atoms with Crippen LogP contribution in [0.4, 0.5) is 8.78 Å². The summed E-state index contributed by atoms with van der Waals surface area (Å²) in [6.07, 6.45) is 9.82. The minimum Gasteiger partial charge on any atom is -0.490 e. The van der Waals surface area contributed by atoms with Crippen LogP contribution in [0.1, 0.15) is 26.2 Å². The van der Waals surface area contributed by atoms with Crippen LogP contribution >= 0.6 is 0 Å². The average Bonchev–Trinajstić information content (AvgIpc) is 2.96. The summed E-state index contributed by atoms with van der Waals surface area (Å²) in [7, 11) is 0. The lowest BCUT2D eigenvalue weighted by Gasteiger charge is -2.06. The topological polar surface area (TPSA) is 31.6 Å². The van der Waals surface area contributed by atoms with E-state index in [0.29, 0.717) is 17.4 Å². The molecule has 124 valence electrons. The molecule has 1 aromatic heterocycles. The molecule has 5 heteroatoms. The first kappa shape index (κ1) is 16.1. The Kier molecular flexibility index (Phi) is 4.57. The van der Waals surface area contributed by atoms with Gasteiger partial charge in [-0.1, -0.05) is 26.2 Å². The van der Waals surface area contributed by atoms with Crippen molar-refractivity contribution in [1.29, 1.82) is 0 Å². The maximum Gasteiger partial charge on any atom is 0.209 e. The van der Waals surface area contributed by atoms with E-state index in [1.165, 1.54) is 12.1 Å². The summed E-state index contributed by atoms with van der Waals surface area (Å²) in [5.74, 6) is -1.44. The van der Waals surface area contributed by atoms with E-state index in [-0.39, 0.29) is 22.7 Å². The van der Waals surface area contributed by atoms with Gasteiger partial charge in [0.15, 0.2) is 22.7 Å². The van der Waals surface area contributed by atoms with Gasteiger partial charge in [-0.25, -0.2) is 0 Å². The molecule has 0 amide bonds. The van der Waals surface area contributed by atoms with Crippen LogP contribution in [0.15, 0.2) is 28.7 Å². The summed E-state index contributed by atoms with van der Waals surface area (Å²) < 4.78 is 44.5. The van der Waals surface area contributed by atoms with Gasteiger partial charge in [0.1, 0.15) is 6.11 Å². The average molecular weight is 330 g/mol. The molecule has 0 aliphatic rings. The highest BCUT2D eigenvalue weighted by Crippen LogP contribution is 2.37. The van der Waals surface area contributed by atoms with Crippen molar-refractivity contribution < 1.29 is 22.7 Å². The van der Waals surface area contributed by atoms with Crippen molar-refractivity contribution in [2.75, 3.05) is 6.61 Å². The molecule has 0 radical (unpaired) electrons. The van der Waals surface area contributed by atoms with E-state index in [4.69, 9.17) is 20.3 Å². The number of unbranched alkanes of at least 4 members (excludes halogenated alkanes) is 2. The number of rotatable bonds is 6. The van der Waals surface area contributed by atoms with Gasteiger partial charge in [-0.2, -0.15) is 8.78 Å². The zero-order chi connectivity index (χ0) is 17.1. The number of benzene rings is 2. The molecule has 3 nitrogen and oxygen atoms in total. The first-order valence-corrected chi connectivity index (χ1v) is 7.75. The molecule has 0 saturated heterocycles. The van der Waals surface area contributed by atoms with Crippen LogP contribution in [-0.4, -0.2) is 6.61 Å².